The second kappa shape index (κ2) is 6.15. The van der Waals surface area contributed by atoms with E-state index in [1.807, 2.05) is 0 Å². The average Bonchev–Trinajstić information content (AvgIpc) is 2.47. The van der Waals surface area contributed by atoms with Crippen molar-refractivity contribution in [2.75, 3.05) is 6.54 Å². The Kier molecular flexibility index (Phi) is 4.64. The van der Waals surface area contributed by atoms with Gasteiger partial charge in [-0.25, -0.2) is 8.42 Å². The van der Waals surface area contributed by atoms with E-state index in [2.05, 4.69) is 6.58 Å². The lowest BCUT2D eigenvalue weighted by Crippen LogP contribution is -2.50. The van der Waals surface area contributed by atoms with Crippen LogP contribution in [0.15, 0.2) is 41.8 Å². The van der Waals surface area contributed by atoms with Crippen molar-refractivity contribution in [1.29, 1.82) is 0 Å². The van der Waals surface area contributed by atoms with Crippen LogP contribution in [0.5, 0.6) is 0 Å². The van der Waals surface area contributed by atoms with Gasteiger partial charge in [0.15, 0.2) is 0 Å². The molecule has 1 N–H and O–H groups in total. The molecule has 2 rings (SSSR count). The normalized spacial score (nSPS) is 26.5. The quantitative estimate of drug-likeness (QED) is 0.514. The van der Waals surface area contributed by atoms with Crippen molar-refractivity contribution in [3.63, 3.8) is 0 Å². The van der Waals surface area contributed by atoms with Gasteiger partial charge in [-0.05, 0) is 25.5 Å². The van der Waals surface area contributed by atoms with Crippen molar-refractivity contribution in [3.05, 3.63) is 47.0 Å². The van der Waals surface area contributed by atoms with Crippen molar-refractivity contribution < 1.29 is 18.4 Å². The lowest BCUT2D eigenvalue weighted by Gasteiger charge is -2.38. The third-order valence-electron chi connectivity index (χ3n) is 3.92. The van der Waals surface area contributed by atoms with E-state index in [0.717, 1.165) is 0 Å². The van der Waals surface area contributed by atoms with Crippen molar-refractivity contribution >= 4 is 15.7 Å². The topological polar surface area (TPSA) is 101 Å². The fraction of sp³-hybridized carbons (Fsp3) is 0.429. The smallest absolute Gasteiger partial charge is 0.269 e. The number of aliphatic hydroxyl groups is 1. The molecule has 0 radical (unpaired) electrons. The molecule has 1 fully saturated rings. The number of nitrogens with zero attached hydrogens (tertiary/aromatic N) is 2. The highest BCUT2D eigenvalue weighted by atomic mass is 32.2. The highest BCUT2D eigenvalue weighted by Gasteiger charge is 2.38. The number of hydrogen-bond donors (Lipinski definition) is 1. The van der Waals surface area contributed by atoms with Crippen LogP contribution < -0.4 is 0 Å². The Bertz CT molecular complexity index is 671. The van der Waals surface area contributed by atoms with Crippen LogP contribution in [0.25, 0.3) is 0 Å². The molecule has 1 aliphatic heterocycles. The summed E-state index contributed by atoms with van der Waals surface area (Å²) in [5.41, 5.74) is -0.162. The SMILES string of the molecule is C=C[C@@H]1CN(S(=O)(=O)c2ccc([N+](=O)[O-])cc2)[C@H](C)C[C@H]1O. The van der Waals surface area contributed by atoms with Gasteiger partial charge in [0.2, 0.25) is 10.0 Å². The zero-order valence-electron chi connectivity index (χ0n) is 12.1. The first-order chi connectivity index (χ1) is 10.3. The first kappa shape index (κ1) is 16.6. The lowest BCUT2D eigenvalue weighted by atomic mass is 9.92. The Labute approximate surface area is 129 Å². The second-order valence-corrected chi connectivity index (χ2v) is 7.27. The molecule has 0 unspecified atom stereocenters. The molecular formula is C14H18N2O5S. The Morgan fingerprint density at radius 2 is 2.00 bits per heavy atom. The van der Waals surface area contributed by atoms with Gasteiger partial charge >= 0.3 is 0 Å². The molecule has 7 nitrogen and oxygen atoms in total. The summed E-state index contributed by atoms with van der Waals surface area (Å²) in [6.45, 7) is 5.50. The Morgan fingerprint density at radius 1 is 1.41 bits per heavy atom. The van der Waals surface area contributed by atoms with Crippen molar-refractivity contribution in [1.82, 2.24) is 4.31 Å². The molecule has 120 valence electrons. The van der Waals surface area contributed by atoms with Gasteiger partial charge in [0, 0.05) is 30.6 Å². The molecule has 22 heavy (non-hydrogen) atoms. The number of nitro groups is 1. The fourth-order valence-corrected chi connectivity index (χ4v) is 4.27. The summed E-state index contributed by atoms with van der Waals surface area (Å²) in [5, 5.41) is 20.6. The number of non-ortho nitro benzene ring substituents is 1. The Hall–Kier alpha value is -1.77. The van der Waals surface area contributed by atoms with Crippen LogP contribution in [-0.2, 0) is 10.0 Å². The molecule has 0 bridgehead atoms. The van der Waals surface area contributed by atoms with Gasteiger partial charge in [-0.2, -0.15) is 4.31 Å². The molecule has 0 aliphatic carbocycles. The highest BCUT2D eigenvalue weighted by molar-refractivity contribution is 7.89. The molecule has 1 aromatic rings. The van der Waals surface area contributed by atoms with E-state index in [0.29, 0.717) is 6.42 Å². The average molecular weight is 326 g/mol. The zero-order valence-corrected chi connectivity index (χ0v) is 12.9. The van der Waals surface area contributed by atoms with Gasteiger partial charge < -0.3 is 5.11 Å². The predicted octanol–water partition coefficient (Wildman–Crippen LogP) is 1.54. The van der Waals surface area contributed by atoms with Crippen LogP contribution in [0, 0.1) is 16.0 Å². The van der Waals surface area contributed by atoms with Gasteiger partial charge in [0.1, 0.15) is 0 Å². The van der Waals surface area contributed by atoms with Gasteiger partial charge in [0.05, 0.1) is 15.9 Å². The molecule has 0 aromatic heterocycles. The van der Waals surface area contributed by atoms with Crippen LogP contribution in [0.3, 0.4) is 0 Å². The van der Waals surface area contributed by atoms with Crippen LogP contribution in [0.2, 0.25) is 0 Å². The maximum atomic E-state index is 12.7. The minimum atomic E-state index is -3.77. The summed E-state index contributed by atoms with van der Waals surface area (Å²) in [7, 11) is -3.77. The van der Waals surface area contributed by atoms with E-state index < -0.39 is 21.1 Å². The van der Waals surface area contributed by atoms with Crippen molar-refractivity contribution in [2.45, 2.75) is 30.4 Å². The predicted molar refractivity (Wildman–Crippen MR) is 80.8 cm³/mol. The Morgan fingerprint density at radius 3 is 2.50 bits per heavy atom. The van der Waals surface area contributed by atoms with E-state index >= 15 is 0 Å². The summed E-state index contributed by atoms with van der Waals surface area (Å²) < 4.78 is 26.7. The first-order valence-electron chi connectivity index (χ1n) is 6.84. The van der Waals surface area contributed by atoms with Crippen LogP contribution in [-0.4, -0.2) is 41.4 Å². The Balaban J connectivity index is 2.32. The van der Waals surface area contributed by atoms with Crippen LogP contribution in [0.1, 0.15) is 13.3 Å². The van der Waals surface area contributed by atoms with Gasteiger partial charge in [-0.1, -0.05) is 6.08 Å². The number of nitro benzene ring substituents is 1. The van der Waals surface area contributed by atoms with E-state index in [1.165, 1.54) is 28.6 Å². The highest BCUT2D eigenvalue weighted by Crippen LogP contribution is 2.29. The standard InChI is InChI=1S/C14H18N2O5S/c1-3-11-9-15(10(2)8-14(11)17)22(20,21)13-6-4-12(5-7-13)16(18)19/h3-7,10-11,14,17H,1,8-9H2,2H3/t10-,11-,14-/m1/s1. The van der Waals surface area contributed by atoms with Gasteiger partial charge in [-0.15, -0.1) is 6.58 Å². The molecular weight excluding hydrogens is 308 g/mol. The molecule has 1 aromatic carbocycles. The monoisotopic (exact) mass is 326 g/mol. The van der Waals surface area contributed by atoms with E-state index in [9.17, 15) is 23.6 Å². The molecule has 8 heteroatoms. The minimum absolute atomic E-state index is 0.00384. The summed E-state index contributed by atoms with van der Waals surface area (Å²) in [4.78, 5) is 10.1. The number of piperidine rings is 1. The van der Waals surface area contributed by atoms with Crippen LogP contribution in [0.4, 0.5) is 5.69 Å². The summed E-state index contributed by atoms with van der Waals surface area (Å²) in [6, 6.07) is 4.44. The maximum absolute atomic E-state index is 12.7. The molecule has 1 heterocycles. The molecule has 1 aliphatic rings. The summed E-state index contributed by atoms with van der Waals surface area (Å²) >= 11 is 0. The number of hydrogen-bond acceptors (Lipinski definition) is 5. The molecule has 0 saturated carbocycles. The number of aliphatic hydroxyl groups excluding tert-OH is 1. The molecule has 0 amide bonds. The first-order valence-corrected chi connectivity index (χ1v) is 8.28. The maximum Gasteiger partial charge on any atom is 0.269 e. The number of rotatable bonds is 4. The number of benzene rings is 1. The van der Waals surface area contributed by atoms with Crippen molar-refractivity contribution in [3.8, 4) is 0 Å². The van der Waals surface area contributed by atoms with E-state index in [1.54, 1.807) is 13.0 Å². The van der Waals surface area contributed by atoms with Crippen molar-refractivity contribution in [2.24, 2.45) is 5.92 Å². The third kappa shape index (κ3) is 3.03. The van der Waals surface area contributed by atoms with E-state index in [-0.39, 0.29) is 29.1 Å². The second-order valence-electron chi connectivity index (χ2n) is 5.38. The van der Waals surface area contributed by atoms with Gasteiger partial charge in [0.25, 0.3) is 5.69 Å². The summed E-state index contributed by atoms with van der Waals surface area (Å²) in [5.74, 6) is -0.330. The fourth-order valence-electron chi connectivity index (χ4n) is 2.59. The number of sulfonamides is 1. The van der Waals surface area contributed by atoms with Gasteiger partial charge in [-0.3, -0.25) is 10.1 Å². The van der Waals surface area contributed by atoms with Crippen LogP contribution >= 0.6 is 0 Å². The largest absolute Gasteiger partial charge is 0.392 e. The van der Waals surface area contributed by atoms with E-state index in [4.69, 9.17) is 0 Å². The minimum Gasteiger partial charge on any atom is -0.392 e. The summed E-state index contributed by atoms with van der Waals surface area (Å²) in [6.07, 6.45) is 1.26. The molecule has 0 spiro atoms. The lowest BCUT2D eigenvalue weighted by molar-refractivity contribution is -0.384. The third-order valence-corrected chi connectivity index (χ3v) is 5.91. The zero-order chi connectivity index (χ0) is 16.5. The molecule has 3 atom stereocenters. The molecule has 1 saturated heterocycles.